The Bertz CT molecular complexity index is 152. The Balaban J connectivity index is 3.30. The molecule has 0 saturated carbocycles. The van der Waals surface area contributed by atoms with E-state index in [1.165, 1.54) is 24.8 Å². The fourth-order valence-electron chi connectivity index (χ4n) is 1.03. The molecule has 2 heteroatoms. The lowest BCUT2D eigenvalue weighted by Crippen LogP contribution is -1.98. The molecule has 13 heavy (non-hydrogen) atoms. The minimum atomic E-state index is -0.431. The lowest BCUT2D eigenvalue weighted by atomic mass is 10.1. The Kier molecular flexibility index (Phi) is 9.61. The van der Waals surface area contributed by atoms with Crippen LogP contribution in [0.4, 0.5) is 0 Å². The molecule has 0 fully saturated rings. The zero-order valence-electron chi connectivity index (χ0n) is 8.25. The first-order valence-corrected chi connectivity index (χ1v) is 5.34. The normalized spacial score (nSPS) is 14.4. The third kappa shape index (κ3) is 9.65. The smallest absolute Gasteiger partial charge is 0.0766 e. The van der Waals surface area contributed by atoms with Crippen LogP contribution in [0.5, 0.6) is 0 Å². The predicted octanol–water partition coefficient (Wildman–Crippen LogP) is 3.63. The fourth-order valence-corrected chi connectivity index (χ4v) is 1.20. The number of rotatable bonds is 7. The molecule has 0 rings (SSSR count). The van der Waals surface area contributed by atoms with E-state index in [-0.39, 0.29) is 0 Å². The number of hydrogen-bond donors (Lipinski definition) is 1. The lowest BCUT2D eigenvalue weighted by Gasteiger charge is -1.98. The Labute approximate surface area is 86.1 Å². The van der Waals surface area contributed by atoms with Gasteiger partial charge in [-0.25, -0.2) is 0 Å². The Morgan fingerprint density at radius 2 is 2.08 bits per heavy atom. The van der Waals surface area contributed by atoms with Gasteiger partial charge in [0.2, 0.25) is 0 Å². The number of aliphatic hydroxyl groups is 1. The molecule has 1 atom stereocenters. The van der Waals surface area contributed by atoms with Crippen molar-refractivity contribution in [2.24, 2.45) is 0 Å². The van der Waals surface area contributed by atoms with Crippen LogP contribution < -0.4 is 0 Å². The van der Waals surface area contributed by atoms with Gasteiger partial charge in [0.25, 0.3) is 0 Å². The minimum absolute atomic E-state index is 0.431. The van der Waals surface area contributed by atoms with E-state index in [0.717, 1.165) is 6.42 Å². The maximum Gasteiger partial charge on any atom is 0.0766 e. The van der Waals surface area contributed by atoms with E-state index in [1.54, 1.807) is 6.08 Å². The van der Waals surface area contributed by atoms with Gasteiger partial charge in [-0.3, -0.25) is 0 Å². The van der Waals surface area contributed by atoms with Gasteiger partial charge in [-0.15, -0.1) is 0 Å². The molecule has 1 N–H and O–H groups in total. The van der Waals surface area contributed by atoms with E-state index in [4.69, 9.17) is 11.6 Å². The average molecular weight is 203 g/mol. The molecule has 1 nitrogen and oxygen atoms in total. The molecule has 0 spiro atoms. The predicted molar refractivity (Wildman–Crippen MR) is 58.9 cm³/mol. The van der Waals surface area contributed by atoms with Crippen LogP contribution in [-0.4, -0.2) is 11.2 Å². The second-order valence-corrected chi connectivity index (χ2v) is 3.34. The van der Waals surface area contributed by atoms with Crippen molar-refractivity contribution in [1.29, 1.82) is 0 Å². The quantitative estimate of drug-likeness (QED) is 0.494. The van der Waals surface area contributed by atoms with Crippen LogP contribution in [0.2, 0.25) is 0 Å². The molecular formula is C11H19ClO. The standard InChI is InChI=1S/C11H19ClO/c1-2-3-4-5-6-7-8-11(13)9-10-12/h6-7,9-11,13H,2-5,8H2,1H3/b7-6-,10-9?/t11-/m1/s1. The van der Waals surface area contributed by atoms with Crippen molar-refractivity contribution in [1.82, 2.24) is 0 Å². The van der Waals surface area contributed by atoms with Gasteiger partial charge in [0.15, 0.2) is 0 Å². The summed E-state index contributed by atoms with van der Waals surface area (Å²) in [5, 5.41) is 9.23. The molecule has 0 radical (unpaired) electrons. The summed E-state index contributed by atoms with van der Waals surface area (Å²) in [6.07, 6.45) is 10.9. The van der Waals surface area contributed by atoms with Gasteiger partial charge >= 0.3 is 0 Å². The highest BCUT2D eigenvalue weighted by Crippen LogP contribution is 2.02. The van der Waals surface area contributed by atoms with Gasteiger partial charge in [0.1, 0.15) is 0 Å². The lowest BCUT2D eigenvalue weighted by molar-refractivity contribution is 0.227. The summed E-state index contributed by atoms with van der Waals surface area (Å²) in [4.78, 5) is 0. The molecule has 0 aromatic carbocycles. The van der Waals surface area contributed by atoms with Gasteiger partial charge < -0.3 is 5.11 Å². The summed E-state index contributed by atoms with van der Waals surface area (Å²) in [7, 11) is 0. The van der Waals surface area contributed by atoms with E-state index in [2.05, 4.69) is 13.0 Å². The minimum Gasteiger partial charge on any atom is -0.389 e. The van der Waals surface area contributed by atoms with Crippen molar-refractivity contribution in [2.45, 2.75) is 45.1 Å². The number of halogens is 1. The Morgan fingerprint density at radius 3 is 2.69 bits per heavy atom. The molecule has 0 heterocycles. The van der Waals surface area contributed by atoms with Crippen LogP contribution in [0.3, 0.4) is 0 Å². The van der Waals surface area contributed by atoms with Crippen LogP contribution in [0.15, 0.2) is 23.8 Å². The van der Waals surface area contributed by atoms with Gasteiger partial charge in [0.05, 0.1) is 6.10 Å². The molecule has 0 aromatic heterocycles. The highest BCUT2D eigenvalue weighted by molar-refractivity contribution is 6.25. The maximum atomic E-state index is 9.23. The highest BCUT2D eigenvalue weighted by Gasteiger charge is 1.92. The van der Waals surface area contributed by atoms with Gasteiger partial charge in [0, 0.05) is 5.54 Å². The topological polar surface area (TPSA) is 20.2 Å². The number of allylic oxidation sites excluding steroid dienone is 1. The monoisotopic (exact) mass is 202 g/mol. The first-order chi connectivity index (χ1) is 6.31. The zero-order valence-corrected chi connectivity index (χ0v) is 9.00. The average Bonchev–Trinajstić information content (AvgIpc) is 2.11. The van der Waals surface area contributed by atoms with Crippen LogP contribution in [0, 0.1) is 0 Å². The molecule has 76 valence electrons. The number of unbranched alkanes of at least 4 members (excludes halogenated alkanes) is 3. The van der Waals surface area contributed by atoms with E-state index >= 15 is 0 Å². The third-order valence-electron chi connectivity index (χ3n) is 1.81. The molecular weight excluding hydrogens is 184 g/mol. The number of hydrogen-bond acceptors (Lipinski definition) is 1. The van der Waals surface area contributed by atoms with Crippen LogP contribution >= 0.6 is 11.6 Å². The molecule has 0 aliphatic heterocycles. The summed E-state index contributed by atoms with van der Waals surface area (Å²) in [5.74, 6) is 0. The van der Waals surface area contributed by atoms with Gasteiger partial charge in [-0.05, 0) is 25.3 Å². The van der Waals surface area contributed by atoms with Crippen molar-refractivity contribution in [3.05, 3.63) is 23.8 Å². The van der Waals surface area contributed by atoms with Gasteiger partial charge in [-0.1, -0.05) is 43.5 Å². The van der Waals surface area contributed by atoms with E-state index in [1.807, 2.05) is 6.08 Å². The third-order valence-corrected chi connectivity index (χ3v) is 1.96. The summed E-state index contributed by atoms with van der Waals surface area (Å²) >= 11 is 5.31. The van der Waals surface area contributed by atoms with Crippen LogP contribution in [0.25, 0.3) is 0 Å². The largest absolute Gasteiger partial charge is 0.389 e. The molecule has 0 saturated heterocycles. The first-order valence-electron chi connectivity index (χ1n) is 4.91. The summed E-state index contributed by atoms with van der Waals surface area (Å²) in [6.45, 7) is 2.19. The first kappa shape index (κ1) is 12.7. The molecule has 0 aliphatic carbocycles. The van der Waals surface area contributed by atoms with Crippen molar-refractivity contribution < 1.29 is 5.11 Å². The molecule has 0 bridgehead atoms. The zero-order chi connectivity index (χ0) is 9.94. The van der Waals surface area contributed by atoms with Crippen molar-refractivity contribution in [3.63, 3.8) is 0 Å². The molecule has 0 amide bonds. The van der Waals surface area contributed by atoms with Crippen molar-refractivity contribution >= 4 is 11.6 Å². The van der Waals surface area contributed by atoms with Crippen LogP contribution in [-0.2, 0) is 0 Å². The van der Waals surface area contributed by atoms with E-state index in [0.29, 0.717) is 6.42 Å². The Hall–Kier alpha value is -0.270. The summed E-state index contributed by atoms with van der Waals surface area (Å²) < 4.78 is 0. The summed E-state index contributed by atoms with van der Waals surface area (Å²) in [5.41, 5.74) is 1.36. The Morgan fingerprint density at radius 1 is 1.31 bits per heavy atom. The van der Waals surface area contributed by atoms with Gasteiger partial charge in [-0.2, -0.15) is 0 Å². The molecule has 0 unspecified atom stereocenters. The summed E-state index contributed by atoms with van der Waals surface area (Å²) in [6, 6.07) is 0. The van der Waals surface area contributed by atoms with Crippen molar-refractivity contribution in [2.75, 3.05) is 0 Å². The molecule has 0 aromatic rings. The van der Waals surface area contributed by atoms with Crippen LogP contribution in [0.1, 0.15) is 39.0 Å². The van der Waals surface area contributed by atoms with E-state index in [9.17, 15) is 5.11 Å². The maximum absolute atomic E-state index is 9.23. The fraction of sp³-hybridized carbons (Fsp3) is 0.636. The highest BCUT2D eigenvalue weighted by atomic mass is 35.5. The van der Waals surface area contributed by atoms with E-state index < -0.39 is 6.10 Å². The second-order valence-electron chi connectivity index (χ2n) is 3.09. The second kappa shape index (κ2) is 9.82. The molecule has 0 aliphatic rings. The SMILES string of the molecule is CCCCC/C=C\C[C@@H](O)C=CCl. The van der Waals surface area contributed by atoms with Crippen molar-refractivity contribution in [3.8, 4) is 0 Å². The number of aliphatic hydroxyl groups excluding tert-OH is 1.